The van der Waals surface area contributed by atoms with E-state index in [1.54, 1.807) is 24.3 Å². The van der Waals surface area contributed by atoms with Crippen molar-refractivity contribution in [3.8, 4) is 0 Å². The maximum atomic E-state index is 13.2. The van der Waals surface area contributed by atoms with Crippen molar-refractivity contribution >= 4 is 20.2 Å². The van der Waals surface area contributed by atoms with Gasteiger partial charge >= 0.3 is 0 Å². The normalized spacial score (nSPS) is 21.6. The Morgan fingerprint density at radius 2 is 0.800 bits per heavy atom. The van der Waals surface area contributed by atoms with E-state index < -0.39 is 20.2 Å². The largest absolute Gasteiger partial charge is 0.296 e. The van der Waals surface area contributed by atoms with Crippen LogP contribution >= 0.6 is 0 Å². The van der Waals surface area contributed by atoms with Gasteiger partial charge in [0.2, 0.25) is 0 Å². The number of benzene rings is 4. The molecule has 0 radical (unpaired) electrons. The molecular formula is C32H30O6S2. The number of fused-ring (bicyclic) bond motifs is 1. The van der Waals surface area contributed by atoms with Crippen molar-refractivity contribution in [2.45, 2.75) is 35.5 Å². The van der Waals surface area contributed by atoms with Crippen LogP contribution in [0.5, 0.6) is 0 Å². The summed E-state index contributed by atoms with van der Waals surface area (Å²) in [6.45, 7) is 3.58. The van der Waals surface area contributed by atoms with Crippen LogP contribution in [-0.4, -0.2) is 30.0 Å². The third-order valence-corrected chi connectivity index (χ3v) is 10.8. The molecule has 0 amide bonds. The average Bonchev–Trinajstić information content (AvgIpc) is 2.95. The molecule has 0 aromatic heterocycles. The average molecular weight is 575 g/mol. The third-order valence-electron chi connectivity index (χ3n) is 8.19. The highest BCUT2D eigenvalue weighted by molar-refractivity contribution is 7.87. The SMILES string of the molecule is Cc1ccc(S(=O)(=O)OC[C@@H]2C3c4ccccc4C(c4ccccc43)[C@H]2COS(=O)(=O)c2ccc(C)cc2)cc1. The van der Waals surface area contributed by atoms with Gasteiger partial charge in [-0.05, 0) is 60.4 Å². The third kappa shape index (κ3) is 4.79. The van der Waals surface area contributed by atoms with Crippen molar-refractivity contribution in [1.82, 2.24) is 0 Å². The van der Waals surface area contributed by atoms with E-state index in [0.717, 1.165) is 33.4 Å². The first kappa shape index (κ1) is 26.9. The minimum absolute atomic E-state index is 0.0922. The molecular weight excluding hydrogens is 544 g/mol. The molecule has 0 spiro atoms. The van der Waals surface area contributed by atoms with Crippen molar-refractivity contribution in [2.75, 3.05) is 13.2 Å². The van der Waals surface area contributed by atoms with E-state index in [9.17, 15) is 16.8 Å². The molecule has 3 aliphatic rings. The maximum absolute atomic E-state index is 13.2. The second-order valence-corrected chi connectivity index (χ2v) is 13.9. The van der Waals surface area contributed by atoms with Crippen LogP contribution in [0.3, 0.4) is 0 Å². The summed E-state index contributed by atoms with van der Waals surface area (Å²) in [6.07, 6.45) is 0. The van der Waals surface area contributed by atoms with E-state index in [0.29, 0.717) is 0 Å². The summed E-state index contributed by atoms with van der Waals surface area (Å²) in [4.78, 5) is 0.184. The fourth-order valence-corrected chi connectivity index (χ4v) is 8.11. The van der Waals surface area contributed by atoms with E-state index in [4.69, 9.17) is 8.37 Å². The van der Waals surface area contributed by atoms with E-state index in [-0.39, 0.29) is 46.7 Å². The molecule has 4 aromatic rings. The Morgan fingerprint density at radius 3 is 1.10 bits per heavy atom. The molecule has 0 N–H and O–H groups in total. The van der Waals surface area contributed by atoms with Crippen LogP contribution in [0, 0.1) is 25.7 Å². The number of hydrogen-bond acceptors (Lipinski definition) is 6. The van der Waals surface area contributed by atoms with Crippen LogP contribution in [-0.2, 0) is 28.6 Å². The van der Waals surface area contributed by atoms with Gasteiger partial charge in [-0.15, -0.1) is 0 Å². The molecule has 6 nitrogen and oxygen atoms in total. The van der Waals surface area contributed by atoms with E-state index in [1.807, 2.05) is 38.1 Å². The van der Waals surface area contributed by atoms with Gasteiger partial charge in [0.1, 0.15) is 0 Å². The Hall–Kier alpha value is -3.30. The van der Waals surface area contributed by atoms with Crippen LogP contribution < -0.4 is 0 Å². The summed E-state index contributed by atoms with van der Waals surface area (Å²) in [5, 5.41) is 0. The number of aryl methyl sites for hydroxylation is 2. The maximum Gasteiger partial charge on any atom is 0.296 e. The fraction of sp³-hybridized carbons (Fsp3) is 0.250. The molecule has 4 aromatic carbocycles. The summed E-state index contributed by atoms with van der Waals surface area (Å²) < 4.78 is 64.1. The Balaban J connectivity index is 1.37. The van der Waals surface area contributed by atoms with Crippen LogP contribution in [0.1, 0.15) is 45.2 Å². The lowest BCUT2D eigenvalue weighted by Gasteiger charge is -2.50. The van der Waals surface area contributed by atoms with Crippen molar-refractivity contribution in [2.24, 2.45) is 11.8 Å². The van der Waals surface area contributed by atoms with E-state index in [2.05, 4.69) is 24.3 Å². The quantitative estimate of drug-likeness (QED) is 0.242. The first-order chi connectivity index (χ1) is 19.2. The standard InChI is InChI=1S/C32H30O6S2/c1-21-11-15-23(16-12-21)39(33,34)37-19-29-30(20-38-40(35,36)24-17-13-22(2)14-18-24)32-27-9-5-3-7-25(27)31(29)26-8-4-6-10-28(26)32/h3-18,29-32H,19-20H2,1-2H3/t29-,30-,31?,32?/m0/s1. The summed E-state index contributed by atoms with van der Waals surface area (Å²) in [5.74, 6) is -0.992. The topological polar surface area (TPSA) is 86.7 Å². The predicted octanol–water partition coefficient (Wildman–Crippen LogP) is 5.94. The molecule has 8 heteroatoms. The lowest BCUT2D eigenvalue weighted by molar-refractivity contribution is 0.104. The summed E-state index contributed by atoms with van der Waals surface area (Å²) in [5.41, 5.74) is 6.36. The molecule has 0 unspecified atom stereocenters. The zero-order valence-electron chi connectivity index (χ0n) is 22.2. The Labute approximate surface area is 235 Å². The van der Waals surface area contributed by atoms with Crippen LogP contribution in [0.15, 0.2) is 107 Å². The zero-order valence-corrected chi connectivity index (χ0v) is 23.9. The van der Waals surface area contributed by atoms with Crippen molar-refractivity contribution < 1.29 is 25.2 Å². The Morgan fingerprint density at radius 1 is 0.500 bits per heavy atom. The van der Waals surface area contributed by atoms with E-state index >= 15 is 0 Å². The zero-order chi connectivity index (χ0) is 28.1. The number of hydrogen-bond donors (Lipinski definition) is 0. The molecule has 206 valence electrons. The van der Waals surface area contributed by atoms with E-state index in [1.165, 1.54) is 24.3 Å². The van der Waals surface area contributed by atoms with Gasteiger partial charge in [0.05, 0.1) is 23.0 Å². The first-order valence-electron chi connectivity index (χ1n) is 13.3. The highest BCUT2D eigenvalue weighted by Gasteiger charge is 2.50. The van der Waals surface area contributed by atoms with Crippen molar-refractivity contribution in [3.63, 3.8) is 0 Å². The van der Waals surface area contributed by atoms with Crippen LogP contribution in [0.2, 0.25) is 0 Å². The highest BCUT2D eigenvalue weighted by atomic mass is 32.2. The van der Waals surface area contributed by atoms with Crippen molar-refractivity contribution in [1.29, 1.82) is 0 Å². The lowest BCUT2D eigenvalue weighted by atomic mass is 9.54. The summed E-state index contributed by atoms with van der Waals surface area (Å²) in [6, 6.07) is 29.3. The molecule has 0 heterocycles. The van der Waals surface area contributed by atoms with Gasteiger partial charge in [-0.2, -0.15) is 16.8 Å². The summed E-state index contributed by atoms with van der Waals surface area (Å²) in [7, 11) is -8.04. The predicted molar refractivity (Wildman–Crippen MR) is 152 cm³/mol. The summed E-state index contributed by atoms with van der Waals surface area (Å²) >= 11 is 0. The highest BCUT2D eigenvalue weighted by Crippen LogP contribution is 2.58. The van der Waals surface area contributed by atoms with Crippen LogP contribution in [0.25, 0.3) is 0 Å². The minimum Gasteiger partial charge on any atom is -0.266 e. The van der Waals surface area contributed by atoms with Gasteiger partial charge < -0.3 is 0 Å². The molecule has 40 heavy (non-hydrogen) atoms. The van der Waals surface area contributed by atoms with Gasteiger partial charge in [-0.1, -0.05) is 83.9 Å². The minimum atomic E-state index is -4.02. The monoisotopic (exact) mass is 574 g/mol. The van der Waals surface area contributed by atoms with Gasteiger partial charge in [0.25, 0.3) is 20.2 Å². The molecule has 0 saturated carbocycles. The first-order valence-corrected chi connectivity index (χ1v) is 16.1. The molecule has 7 rings (SSSR count). The van der Waals surface area contributed by atoms with Gasteiger partial charge in [-0.3, -0.25) is 8.37 Å². The number of rotatable bonds is 8. The van der Waals surface area contributed by atoms with Gasteiger partial charge in [-0.25, -0.2) is 0 Å². The molecule has 2 atom stereocenters. The van der Waals surface area contributed by atoms with Gasteiger partial charge in [0, 0.05) is 23.7 Å². The Bertz CT molecular complexity index is 1580. The van der Waals surface area contributed by atoms with Crippen molar-refractivity contribution in [3.05, 3.63) is 130 Å². The lowest BCUT2D eigenvalue weighted by Crippen LogP contribution is -2.44. The second-order valence-electron chi connectivity index (χ2n) is 10.6. The van der Waals surface area contributed by atoms with Crippen LogP contribution in [0.4, 0.5) is 0 Å². The molecule has 0 saturated heterocycles. The van der Waals surface area contributed by atoms with Gasteiger partial charge in [0.15, 0.2) is 0 Å². The second kappa shape index (κ2) is 10.3. The molecule has 0 aliphatic heterocycles. The molecule has 3 aliphatic carbocycles. The fourth-order valence-electron chi connectivity index (χ4n) is 6.23. The smallest absolute Gasteiger partial charge is 0.266 e. The molecule has 2 bridgehead atoms. The Kier molecular flexibility index (Phi) is 6.91. The molecule has 0 fully saturated rings.